The molecule has 0 saturated heterocycles. The van der Waals surface area contributed by atoms with Gasteiger partial charge in [-0.1, -0.05) is 18.2 Å². The number of carbonyl (C=O) groups excluding carboxylic acids is 1. The van der Waals surface area contributed by atoms with Crippen molar-refractivity contribution in [2.75, 3.05) is 7.05 Å². The van der Waals surface area contributed by atoms with Gasteiger partial charge >= 0.3 is 5.69 Å². The molecule has 1 aromatic carbocycles. The Bertz CT molecular complexity index is 1370. The molecule has 0 fully saturated rings. The van der Waals surface area contributed by atoms with Gasteiger partial charge in [0.15, 0.2) is 0 Å². The molecule has 152 valence electrons. The zero-order valence-electron chi connectivity index (χ0n) is 16.8. The summed E-state index contributed by atoms with van der Waals surface area (Å²) in [6.07, 6.45) is 3.22. The van der Waals surface area contributed by atoms with E-state index in [4.69, 9.17) is 0 Å². The number of hydrogen-bond acceptors (Lipinski definition) is 5. The number of nitrogens with zero attached hydrogens (tertiary/aromatic N) is 6. The first-order valence-corrected chi connectivity index (χ1v) is 9.28. The van der Waals surface area contributed by atoms with E-state index in [1.165, 1.54) is 35.8 Å². The molecule has 9 nitrogen and oxygen atoms in total. The predicted molar refractivity (Wildman–Crippen MR) is 112 cm³/mol. The Morgan fingerprint density at radius 2 is 1.80 bits per heavy atom. The van der Waals surface area contributed by atoms with Gasteiger partial charge in [0.1, 0.15) is 5.65 Å². The first kappa shape index (κ1) is 19.3. The van der Waals surface area contributed by atoms with Gasteiger partial charge in [0.05, 0.1) is 28.9 Å². The lowest BCUT2D eigenvalue weighted by molar-refractivity contribution is 0.0783. The van der Waals surface area contributed by atoms with Gasteiger partial charge in [-0.25, -0.2) is 14.5 Å². The summed E-state index contributed by atoms with van der Waals surface area (Å²) in [6, 6.07) is 13.0. The van der Waals surface area contributed by atoms with Crippen LogP contribution < -0.4 is 11.2 Å². The van der Waals surface area contributed by atoms with E-state index < -0.39 is 11.2 Å². The maximum absolute atomic E-state index is 12.9. The fourth-order valence-electron chi connectivity index (χ4n) is 3.29. The molecule has 30 heavy (non-hydrogen) atoms. The van der Waals surface area contributed by atoms with Gasteiger partial charge < -0.3 is 4.90 Å². The van der Waals surface area contributed by atoms with Gasteiger partial charge in [-0.15, -0.1) is 0 Å². The monoisotopic (exact) mass is 404 g/mol. The number of para-hydroxylation sites is 1. The SMILES string of the molecule is CN(Cc1ccn(-c2ccccc2)n1)C(=O)c1cnc2c(c1)c(=O)n(C)c(=O)n2C. The summed E-state index contributed by atoms with van der Waals surface area (Å²) in [6.45, 7) is 0.294. The molecule has 0 N–H and O–H groups in total. The Morgan fingerprint density at radius 3 is 2.53 bits per heavy atom. The van der Waals surface area contributed by atoms with Crippen molar-refractivity contribution in [2.45, 2.75) is 6.54 Å². The molecule has 0 aliphatic heterocycles. The minimum absolute atomic E-state index is 0.215. The van der Waals surface area contributed by atoms with Crippen molar-refractivity contribution >= 4 is 16.9 Å². The molecule has 0 aliphatic carbocycles. The highest BCUT2D eigenvalue weighted by Gasteiger charge is 2.17. The first-order chi connectivity index (χ1) is 14.4. The van der Waals surface area contributed by atoms with Crippen molar-refractivity contribution in [3.05, 3.63) is 87.0 Å². The number of hydrogen-bond donors (Lipinski definition) is 0. The maximum Gasteiger partial charge on any atom is 0.332 e. The second-order valence-corrected chi connectivity index (χ2v) is 7.05. The Morgan fingerprint density at radius 1 is 1.07 bits per heavy atom. The number of aryl methyl sites for hydroxylation is 1. The summed E-state index contributed by atoms with van der Waals surface area (Å²) in [7, 11) is 4.59. The number of amides is 1. The molecule has 0 aliphatic rings. The molecule has 0 saturated carbocycles. The van der Waals surface area contributed by atoms with Crippen molar-refractivity contribution in [3.63, 3.8) is 0 Å². The van der Waals surface area contributed by atoms with Crippen LogP contribution in [0.2, 0.25) is 0 Å². The third-order valence-electron chi connectivity index (χ3n) is 4.95. The third-order valence-corrected chi connectivity index (χ3v) is 4.95. The van der Waals surface area contributed by atoms with E-state index in [1.807, 2.05) is 42.6 Å². The normalized spacial score (nSPS) is 11.0. The van der Waals surface area contributed by atoms with Gasteiger partial charge in [0.25, 0.3) is 11.5 Å². The Hall–Kier alpha value is -4.01. The molecule has 1 amide bonds. The van der Waals surface area contributed by atoms with Crippen molar-refractivity contribution in [1.82, 2.24) is 28.8 Å². The largest absolute Gasteiger partial charge is 0.336 e. The molecule has 3 aromatic heterocycles. The molecule has 0 bridgehead atoms. The zero-order valence-corrected chi connectivity index (χ0v) is 16.8. The molecule has 0 spiro atoms. The van der Waals surface area contributed by atoms with Crippen LogP contribution in [0.15, 0.2) is 64.4 Å². The second-order valence-electron chi connectivity index (χ2n) is 7.05. The van der Waals surface area contributed by atoms with Crippen molar-refractivity contribution < 1.29 is 4.79 Å². The standard InChI is InChI=1S/C21H20N6O3/c1-24(13-15-9-10-27(23-15)16-7-5-4-6-8-16)19(28)14-11-17-18(22-12-14)25(2)21(30)26(3)20(17)29/h4-12H,13H2,1-3H3. The Kier molecular flexibility index (Phi) is 4.78. The number of pyridine rings is 1. The van der Waals surface area contributed by atoms with Crippen LogP contribution in [-0.4, -0.2) is 41.8 Å². The minimum atomic E-state index is -0.487. The lowest BCUT2D eigenvalue weighted by Gasteiger charge is -2.16. The number of carbonyl (C=O) groups is 1. The van der Waals surface area contributed by atoms with Crippen LogP contribution in [0.25, 0.3) is 16.7 Å². The molecular formula is C21H20N6O3. The van der Waals surface area contributed by atoms with E-state index in [-0.39, 0.29) is 22.5 Å². The van der Waals surface area contributed by atoms with Crippen LogP contribution in [0.3, 0.4) is 0 Å². The van der Waals surface area contributed by atoms with Crippen molar-refractivity contribution in [2.24, 2.45) is 14.1 Å². The molecule has 0 unspecified atom stereocenters. The second kappa shape index (κ2) is 7.43. The van der Waals surface area contributed by atoms with Gasteiger partial charge in [-0.05, 0) is 24.3 Å². The Balaban J connectivity index is 1.60. The molecule has 4 aromatic rings. The van der Waals surface area contributed by atoms with E-state index >= 15 is 0 Å². The lowest BCUT2D eigenvalue weighted by Crippen LogP contribution is -2.37. The average Bonchev–Trinajstić information content (AvgIpc) is 3.24. The van der Waals surface area contributed by atoms with Gasteiger partial charge in [-0.3, -0.25) is 18.7 Å². The highest BCUT2D eigenvalue weighted by atomic mass is 16.2. The summed E-state index contributed by atoms with van der Waals surface area (Å²) in [4.78, 5) is 43.1. The van der Waals surface area contributed by atoms with E-state index in [0.29, 0.717) is 6.54 Å². The molecule has 3 heterocycles. The van der Waals surface area contributed by atoms with E-state index in [0.717, 1.165) is 15.9 Å². The number of fused-ring (bicyclic) bond motifs is 1. The number of benzene rings is 1. The predicted octanol–water partition coefficient (Wildman–Crippen LogP) is 1.09. The molecule has 0 radical (unpaired) electrons. The number of rotatable bonds is 4. The minimum Gasteiger partial charge on any atom is -0.336 e. The lowest BCUT2D eigenvalue weighted by atomic mass is 10.2. The third kappa shape index (κ3) is 3.30. The maximum atomic E-state index is 12.9. The Labute approximate surface area is 171 Å². The zero-order chi connectivity index (χ0) is 21.4. The average molecular weight is 404 g/mol. The summed E-state index contributed by atoms with van der Waals surface area (Å²) in [5.74, 6) is -0.297. The first-order valence-electron chi connectivity index (χ1n) is 9.28. The summed E-state index contributed by atoms with van der Waals surface area (Å²) < 4.78 is 4.03. The van der Waals surface area contributed by atoms with Crippen LogP contribution in [0.1, 0.15) is 16.1 Å². The quantitative estimate of drug-likeness (QED) is 0.507. The summed E-state index contributed by atoms with van der Waals surface area (Å²) in [5.41, 5.74) is 1.21. The van der Waals surface area contributed by atoms with Crippen molar-refractivity contribution in [1.29, 1.82) is 0 Å². The summed E-state index contributed by atoms with van der Waals surface area (Å²) in [5, 5.41) is 4.72. The van der Waals surface area contributed by atoms with Crippen molar-refractivity contribution in [3.8, 4) is 5.69 Å². The molecule has 0 atom stereocenters. The van der Waals surface area contributed by atoms with Gasteiger partial charge in [0.2, 0.25) is 0 Å². The van der Waals surface area contributed by atoms with Gasteiger partial charge in [0, 0.05) is 33.5 Å². The van der Waals surface area contributed by atoms with E-state index in [9.17, 15) is 14.4 Å². The number of aromatic nitrogens is 5. The molecule has 9 heteroatoms. The fourth-order valence-corrected chi connectivity index (χ4v) is 3.29. The smallest absolute Gasteiger partial charge is 0.332 e. The van der Waals surface area contributed by atoms with E-state index in [1.54, 1.807) is 11.7 Å². The topological polar surface area (TPSA) is 95.0 Å². The summed E-state index contributed by atoms with van der Waals surface area (Å²) >= 11 is 0. The van der Waals surface area contributed by atoms with Crippen LogP contribution in [-0.2, 0) is 20.6 Å². The van der Waals surface area contributed by atoms with Crippen LogP contribution in [0.5, 0.6) is 0 Å². The molecule has 4 rings (SSSR count). The highest BCUT2D eigenvalue weighted by Crippen LogP contribution is 2.12. The molecular weight excluding hydrogens is 384 g/mol. The van der Waals surface area contributed by atoms with Crippen LogP contribution >= 0.6 is 0 Å². The highest BCUT2D eigenvalue weighted by molar-refractivity contribution is 5.96. The van der Waals surface area contributed by atoms with Crippen LogP contribution in [0, 0.1) is 0 Å². The van der Waals surface area contributed by atoms with Crippen LogP contribution in [0.4, 0.5) is 0 Å². The van der Waals surface area contributed by atoms with Gasteiger partial charge in [-0.2, -0.15) is 5.10 Å². The fraction of sp³-hybridized carbons (Fsp3) is 0.190. The van der Waals surface area contributed by atoms with E-state index in [2.05, 4.69) is 10.1 Å².